The number of methoxy groups -OCH3 is 2. The molecule has 109 valence electrons. The van der Waals surface area contributed by atoms with Crippen LogP contribution in [0.4, 0.5) is 17.6 Å². The van der Waals surface area contributed by atoms with Crippen molar-refractivity contribution >= 4 is 18.2 Å². The summed E-state index contributed by atoms with van der Waals surface area (Å²) in [5.74, 6) is -3.74. The van der Waals surface area contributed by atoms with Gasteiger partial charge in [0.1, 0.15) is 34.8 Å². The first-order valence-corrected chi connectivity index (χ1v) is 5.87. The predicted molar refractivity (Wildman–Crippen MR) is 70.8 cm³/mol. The molecule has 0 spiro atoms. The molecule has 7 heteroatoms. The van der Waals surface area contributed by atoms with Gasteiger partial charge in [-0.2, -0.15) is 0 Å². The van der Waals surface area contributed by atoms with E-state index in [0.29, 0.717) is 12.1 Å². The third kappa shape index (κ3) is 3.12. The summed E-state index contributed by atoms with van der Waals surface area (Å²) in [7, 11) is 3.52. The van der Waals surface area contributed by atoms with E-state index in [0.717, 1.165) is 19.4 Å². The number of benzene rings is 2. The van der Waals surface area contributed by atoms with Crippen molar-refractivity contribution in [1.29, 1.82) is 0 Å². The zero-order valence-electron chi connectivity index (χ0n) is 11.2. The van der Waals surface area contributed by atoms with Crippen molar-refractivity contribution in [2.75, 3.05) is 14.2 Å². The van der Waals surface area contributed by atoms with Crippen molar-refractivity contribution in [1.82, 2.24) is 0 Å². The summed E-state index contributed by atoms with van der Waals surface area (Å²) in [6.45, 7) is 0. The SMILES string of the molecule is COc1cc(F)cc(F)c1[B]c1c(F)cc(F)cc1OC. The van der Waals surface area contributed by atoms with Gasteiger partial charge in [-0.3, -0.25) is 0 Å². The largest absolute Gasteiger partial charge is 0.497 e. The van der Waals surface area contributed by atoms with Crippen molar-refractivity contribution in [3.8, 4) is 11.5 Å². The molecule has 0 bridgehead atoms. The Labute approximate surface area is 119 Å². The molecule has 0 atom stereocenters. The highest BCUT2D eigenvalue weighted by Crippen LogP contribution is 2.16. The van der Waals surface area contributed by atoms with E-state index in [-0.39, 0.29) is 22.4 Å². The van der Waals surface area contributed by atoms with Gasteiger partial charge >= 0.3 is 0 Å². The summed E-state index contributed by atoms with van der Waals surface area (Å²) in [6.07, 6.45) is 0. The molecule has 0 aliphatic rings. The summed E-state index contributed by atoms with van der Waals surface area (Å²) >= 11 is 0. The van der Waals surface area contributed by atoms with Gasteiger partial charge in [0.15, 0.2) is 0 Å². The van der Waals surface area contributed by atoms with E-state index < -0.39 is 23.3 Å². The van der Waals surface area contributed by atoms with Crippen molar-refractivity contribution in [3.63, 3.8) is 0 Å². The second-order valence-corrected chi connectivity index (χ2v) is 4.15. The van der Waals surface area contributed by atoms with Crippen LogP contribution in [-0.2, 0) is 0 Å². The third-order valence-corrected chi connectivity index (χ3v) is 2.84. The maximum absolute atomic E-state index is 13.8. The number of rotatable bonds is 4. The van der Waals surface area contributed by atoms with Crippen LogP contribution >= 0.6 is 0 Å². The Morgan fingerprint density at radius 3 is 1.43 bits per heavy atom. The minimum atomic E-state index is -0.933. The average Bonchev–Trinajstić information content (AvgIpc) is 2.42. The first kappa shape index (κ1) is 15.2. The molecule has 0 aliphatic heterocycles. The van der Waals surface area contributed by atoms with Gasteiger partial charge < -0.3 is 9.47 Å². The van der Waals surface area contributed by atoms with E-state index in [2.05, 4.69) is 0 Å². The van der Waals surface area contributed by atoms with E-state index in [4.69, 9.17) is 9.47 Å². The topological polar surface area (TPSA) is 18.5 Å². The van der Waals surface area contributed by atoms with Gasteiger partial charge in [0.25, 0.3) is 0 Å². The molecule has 0 amide bonds. The summed E-state index contributed by atoms with van der Waals surface area (Å²) in [5.41, 5.74) is -0.328. The molecule has 2 rings (SSSR count). The van der Waals surface area contributed by atoms with Crippen LogP contribution in [0.1, 0.15) is 0 Å². The van der Waals surface area contributed by atoms with E-state index in [1.165, 1.54) is 14.2 Å². The Balaban J connectivity index is 2.53. The van der Waals surface area contributed by atoms with Crippen molar-refractivity contribution in [3.05, 3.63) is 47.5 Å². The Kier molecular flexibility index (Phi) is 4.40. The van der Waals surface area contributed by atoms with Gasteiger partial charge in [0.2, 0.25) is 7.28 Å². The van der Waals surface area contributed by atoms with Crippen LogP contribution in [0.2, 0.25) is 0 Å². The molecule has 0 heterocycles. The van der Waals surface area contributed by atoms with Crippen molar-refractivity contribution < 1.29 is 27.0 Å². The highest BCUT2D eigenvalue weighted by Gasteiger charge is 2.20. The van der Waals surface area contributed by atoms with Crippen LogP contribution in [0.25, 0.3) is 0 Å². The van der Waals surface area contributed by atoms with Gasteiger partial charge in [-0.15, -0.1) is 0 Å². The molecule has 0 saturated carbocycles. The standard InChI is InChI=1S/C14H10BF4O2/c1-20-11-5-7(16)3-9(18)13(11)15-14-10(19)4-8(17)6-12(14)21-2/h3-6H,1-2H3. The average molecular weight is 297 g/mol. The van der Waals surface area contributed by atoms with Crippen LogP contribution in [-0.4, -0.2) is 21.5 Å². The molecule has 2 aromatic carbocycles. The Bertz CT molecular complexity index is 619. The Hall–Kier alpha value is -2.18. The molecule has 21 heavy (non-hydrogen) atoms. The predicted octanol–water partition coefficient (Wildman–Crippen LogP) is 1.92. The lowest BCUT2D eigenvalue weighted by Crippen LogP contribution is -2.34. The second kappa shape index (κ2) is 6.07. The molecule has 0 aliphatic carbocycles. The lowest BCUT2D eigenvalue weighted by atomic mass is 9.62. The number of hydrogen-bond donors (Lipinski definition) is 0. The van der Waals surface area contributed by atoms with Gasteiger partial charge in [-0.1, -0.05) is 0 Å². The maximum atomic E-state index is 13.8. The number of halogens is 4. The van der Waals surface area contributed by atoms with Gasteiger partial charge in [-0.05, 0) is 10.9 Å². The fourth-order valence-corrected chi connectivity index (χ4v) is 1.88. The van der Waals surface area contributed by atoms with E-state index in [1.807, 2.05) is 0 Å². The quantitative estimate of drug-likeness (QED) is 0.634. The highest BCUT2D eigenvalue weighted by atomic mass is 19.1. The van der Waals surface area contributed by atoms with Crippen molar-refractivity contribution in [2.45, 2.75) is 0 Å². The van der Waals surface area contributed by atoms with Crippen LogP contribution in [0, 0.1) is 23.3 Å². The normalized spacial score (nSPS) is 10.4. The highest BCUT2D eigenvalue weighted by molar-refractivity contribution is 6.69. The monoisotopic (exact) mass is 297 g/mol. The molecule has 0 unspecified atom stereocenters. The Morgan fingerprint density at radius 2 is 1.10 bits per heavy atom. The molecule has 0 N–H and O–H groups in total. The van der Waals surface area contributed by atoms with Crippen LogP contribution in [0.5, 0.6) is 11.5 Å². The maximum Gasteiger partial charge on any atom is 0.209 e. The third-order valence-electron chi connectivity index (χ3n) is 2.84. The van der Waals surface area contributed by atoms with Crippen LogP contribution < -0.4 is 20.4 Å². The first-order valence-electron chi connectivity index (χ1n) is 5.87. The van der Waals surface area contributed by atoms with Gasteiger partial charge in [0.05, 0.1) is 14.2 Å². The van der Waals surface area contributed by atoms with Crippen LogP contribution in [0.15, 0.2) is 24.3 Å². The van der Waals surface area contributed by atoms with E-state index in [9.17, 15) is 17.6 Å². The van der Waals surface area contributed by atoms with Gasteiger partial charge in [0, 0.05) is 24.3 Å². The first-order chi connectivity index (χ1) is 9.96. The zero-order chi connectivity index (χ0) is 15.6. The molecule has 0 aromatic heterocycles. The fraction of sp³-hybridized carbons (Fsp3) is 0.143. The smallest absolute Gasteiger partial charge is 0.209 e. The Morgan fingerprint density at radius 1 is 0.714 bits per heavy atom. The van der Waals surface area contributed by atoms with Gasteiger partial charge in [-0.25, -0.2) is 17.6 Å². The lowest BCUT2D eigenvalue weighted by molar-refractivity contribution is 0.410. The lowest BCUT2D eigenvalue weighted by Gasteiger charge is -2.13. The molecule has 0 saturated heterocycles. The summed E-state index contributed by atoms with van der Waals surface area (Å²) in [6, 6.07) is 3.20. The van der Waals surface area contributed by atoms with E-state index >= 15 is 0 Å². The molecule has 0 fully saturated rings. The minimum Gasteiger partial charge on any atom is -0.497 e. The number of ether oxygens (including phenoxy) is 2. The minimum absolute atomic E-state index is 0.113. The summed E-state index contributed by atoms with van der Waals surface area (Å²) in [5, 5.41) is 0. The summed E-state index contributed by atoms with van der Waals surface area (Å²) < 4.78 is 63.7. The fourth-order valence-electron chi connectivity index (χ4n) is 1.88. The zero-order valence-corrected chi connectivity index (χ0v) is 11.2. The van der Waals surface area contributed by atoms with Crippen molar-refractivity contribution in [2.24, 2.45) is 0 Å². The molecule has 2 nitrogen and oxygen atoms in total. The van der Waals surface area contributed by atoms with E-state index in [1.54, 1.807) is 0 Å². The molecule has 1 radical (unpaired) electrons. The molecular formula is C14H10BF4O2. The second-order valence-electron chi connectivity index (χ2n) is 4.15. The number of hydrogen-bond acceptors (Lipinski definition) is 2. The molecular weight excluding hydrogens is 287 g/mol. The summed E-state index contributed by atoms with van der Waals surface area (Å²) in [4.78, 5) is 0. The molecule has 2 aromatic rings. The van der Waals surface area contributed by atoms with Crippen LogP contribution in [0.3, 0.4) is 0 Å².